The maximum Gasteiger partial charge on any atom is 0.199 e. The van der Waals surface area contributed by atoms with Gasteiger partial charge in [-0.15, -0.1) is 0 Å². The van der Waals surface area contributed by atoms with Crippen molar-refractivity contribution in [2.24, 2.45) is 0 Å². The smallest absolute Gasteiger partial charge is 0.199 e. The predicted octanol–water partition coefficient (Wildman–Crippen LogP) is 2.34. The van der Waals surface area contributed by atoms with Gasteiger partial charge in [0.05, 0.1) is 5.39 Å². The van der Waals surface area contributed by atoms with Crippen LogP contribution in [0.3, 0.4) is 0 Å². The number of phenols is 1. The Morgan fingerprint density at radius 1 is 1.24 bits per heavy atom. The average molecular weight is 233 g/mol. The molecule has 0 unspecified atom stereocenters. The maximum absolute atomic E-state index is 11.9. The Labute approximate surface area is 99.1 Å². The number of aromatic hydroxyl groups is 1. The van der Waals surface area contributed by atoms with Crippen molar-refractivity contribution in [2.75, 3.05) is 18.0 Å². The molecule has 1 heterocycles. The molecular formula is C13H15NO3. The summed E-state index contributed by atoms with van der Waals surface area (Å²) in [6.45, 7) is 5.53. The van der Waals surface area contributed by atoms with Gasteiger partial charge >= 0.3 is 0 Å². The van der Waals surface area contributed by atoms with E-state index in [9.17, 15) is 9.90 Å². The Bertz CT molecular complexity index is 585. The van der Waals surface area contributed by atoms with E-state index in [-0.39, 0.29) is 11.2 Å². The van der Waals surface area contributed by atoms with Gasteiger partial charge in [-0.3, -0.25) is 4.79 Å². The van der Waals surface area contributed by atoms with Crippen molar-refractivity contribution in [3.8, 4) is 5.75 Å². The number of anilines is 1. The molecule has 1 aromatic carbocycles. The van der Waals surface area contributed by atoms with Gasteiger partial charge < -0.3 is 14.4 Å². The molecule has 2 aromatic rings. The highest BCUT2D eigenvalue weighted by Gasteiger charge is 2.09. The lowest BCUT2D eigenvalue weighted by Gasteiger charge is -2.18. The van der Waals surface area contributed by atoms with Gasteiger partial charge in [-0.25, -0.2) is 0 Å². The highest BCUT2D eigenvalue weighted by atomic mass is 16.4. The molecule has 4 heteroatoms. The highest BCUT2D eigenvalue weighted by molar-refractivity contribution is 5.79. The molecule has 90 valence electrons. The third kappa shape index (κ3) is 2.11. The van der Waals surface area contributed by atoms with Crippen LogP contribution in [0, 0.1) is 0 Å². The first kappa shape index (κ1) is 11.5. The average Bonchev–Trinajstić information content (AvgIpc) is 2.30. The Kier molecular flexibility index (Phi) is 3.04. The summed E-state index contributed by atoms with van der Waals surface area (Å²) in [6, 6.07) is 6.01. The Balaban J connectivity index is 2.65. The van der Waals surface area contributed by atoms with E-state index in [0.29, 0.717) is 16.9 Å². The maximum atomic E-state index is 11.9. The van der Waals surface area contributed by atoms with Crippen molar-refractivity contribution in [3.63, 3.8) is 0 Å². The van der Waals surface area contributed by atoms with E-state index < -0.39 is 0 Å². The minimum atomic E-state index is -0.0897. The second-order valence-corrected chi connectivity index (χ2v) is 3.80. The summed E-state index contributed by atoms with van der Waals surface area (Å²) in [4.78, 5) is 13.8. The van der Waals surface area contributed by atoms with Crippen molar-refractivity contribution in [1.82, 2.24) is 0 Å². The van der Waals surface area contributed by atoms with E-state index in [1.807, 2.05) is 18.7 Å². The summed E-state index contributed by atoms with van der Waals surface area (Å²) in [5.41, 5.74) is 0.326. The van der Waals surface area contributed by atoms with Crippen LogP contribution in [0.1, 0.15) is 13.8 Å². The standard InChI is InChI=1S/C13H15NO3/c1-3-14(4-2)13-8-11(16)10-6-5-9(15)7-12(10)17-13/h5-8,15H,3-4H2,1-2H3. The summed E-state index contributed by atoms with van der Waals surface area (Å²) in [6.07, 6.45) is 0. The fourth-order valence-corrected chi connectivity index (χ4v) is 1.82. The molecule has 0 saturated heterocycles. The molecule has 0 aliphatic rings. The summed E-state index contributed by atoms with van der Waals surface area (Å²) in [5, 5.41) is 9.87. The first-order valence-corrected chi connectivity index (χ1v) is 5.67. The second kappa shape index (κ2) is 4.49. The molecule has 0 aliphatic heterocycles. The number of fused-ring (bicyclic) bond motifs is 1. The van der Waals surface area contributed by atoms with Gasteiger partial charge in [-0.05, 0) is 26.0 Å². The first-order chi connectivity index (χ1) is 8.15. The molecule has 0 amide bonds. The van der Waals surface area contributed by atoms with Crippen LogP contribution in [0.5, 0.6) is 5.75 Å². The molecule has 17 heavy (non-hydrogen) atoms. The van der Waals surface area contributed by atoms with Gasteiger partial charge in [0.15, 0.2) is 11.3 Å². The first-order valence-electron chi connectivity index (χ1n) is 5.67. The fourth-order valence-electron chi connectivity index (χ4n) is 1.82. The number of benzene rings is 1. The molecule has 0 spiro atoms. The number of rotatable bonds is 3. The Morgan fingerprint density at radius 3 is 2.59 bits per heavy atom. The molecule has 0 saturated carbocycles. The third-order valence-electron chi connectivity index (χ3n) is 2.77. The number of nitrogens with zero attached hydrogens (tertiary/aromatic N) is 1. The Morgan fingerprint density at radius 2 is 1.94 bits per heavy atom. The molecule has 0 atom stereocenters. The van der Waals surface area contributed by atoms with Crippen LogP contribution in [0.25, 0.3) is 11.0 Å². The summed E-state index contributed by atoms with van der Waals surface area (Å²) >= 11 is 0. The van der Waals surface area contributed by atoms with Crippen molar-refractivity contribution < 1.29 is 9.52 Å². The second-order valence-electron chi connectivity index (χ2n) is 3.80. The quantitative estimate of drug-likeness (QED) is 0.884. The van der Waals surface area contributed by atoms with E-state index in [4.69, 9.17) is 4.42 Å². The lowest BCUT2D eigenvalue weighted by molar-refractivity contribution is 0.474. The minimum Gasteiger partial charge on any atom is -0.508 e. The van der Waals surface area contributed by atoms with Crippen molar-refractivity contribution in [1.29, 1.82) is 0 Å². The van der Waals surface area contributed by atoms with Crippen molar-refractivity contribution >= 4 is 16.9 Å². The molecule has 0 fully saturated rings. The van der Waals surface area contributed by atoms with Crippen LogP contribution in [0.4, 0.5) is 5.88 Å². The van der Waals surface area contributed by atoms with Crippen LogP contribution >= 0.6 is 0 Å². The fraction of sp³-hybridized carbons (Fsp3) is 0.308. The number of hydrogen-bond donors (Lipinski definition) is 1. The molecule has 2 rings (SSSR count). The zero-order chi connectivity index (χ0) is 12.4. The molecular weight excluding hydrogens is 218 g/mol. The summed E-state index contributed by atoms with van der Waals surface area (Å²) < 4.78 is 5.63. The van der Waals surface area contributed by atoms with Gasteiger partial charge in [0, 0.05) is 25.2 Å². The zero-order valence-electron chi connectivity index (χ0n) is 9.93. The molecule has 0 radical (unpaired) electrons. The van der Waals surface area contributed by atoms with Crippen molar-refractivity contribution in [3.05, 3.63) is 34.5 Å². The van der Waals surface area contributed by atoms with Gasteiger partial charge in [-0.1, -0.05) is 0 Å². The van der Waals surface area contributed by atoms with Gasteiger partial charge in [-0.2, -0.15) is 0 Å². The number of phenolic OH excluding ortho intramolecular Hbond substituents is 1. The highest BCUT2D eigenvalue weighted by Crippen LogP contribution is 2.22. The Hall–Kier alpha value is -1.97. The third-order valence-corrected chi connectivity index (χ3v) is 2.77. The van der Waals surface area contributed by atoms with Crippen molar-refractivity contribution in [2.45, 2.75) is 13.8 Å². The molecule has 1 N–H and O–H groups in total. The molecule has 0 bridgehead atoms. The van der Waals surface area contributed by atoms with Crippen LogP contribution in [-0.2, 0) is 0 Å². The SMILES string of the molecule is CCN(CC)c1cc(=O)c2ccc(O)cc2o1. The lowest BCUT2D eigenvalue weighted by Crippen LogP contribution is -2.23. The summed E-state index contributed by atoms with van der Waals surface area (Å²) in [7, 11) is 0. The summed E-state index contributed by atoms with van der Waals surface area (Å²) in [5.74, 6) is 0.635. The van der Waals surface area contributed by atoms with E-state index in [2.05, 4.69) is 0 Å². The normalized spacial score (nSPS) is 10.7. The zero-order valence-corrected chi connectivity index (χ0v) is 9.93. The number of hydrogen-bond acceptors (Lipinski definition) is 4. The molecule has 1 aromatic heterocycles. The molecule has 4 nitrogen and oxygen atoms in total. The van der Waals surface area contributed by atoms with Crippen LogP contribution in [0.15, 0.2) is 33.5 Å². The predicted molar refractivity (Wildman–Crippen MR) is 67.7 cm³/mol. The van der Waals surface area contributed by atoms with Crippen LogP contribution < -0.4 is 10.3 Å². The largest absolute Gasteiger partial charge is 0.508 e. The van der Waals surface area contributed by atoms with Gasteiger partial charge in [0.25, 0.3) is 0 Å². The van der Waals surface area contributed by atoms with E-state index in [0.717, 1.165) is 13.1 Å². The topological polar surface area (TPSA) is 53.7 Å². The van der Waals surface area contributed by atoms with Crippen LogP contribution in [0.2, 0.25) is 0 Å². The van der Waals surface area contributed by atoms with Gasteiger partial charge in [0.2, 0.25) is 0 Å². The van der Waals surface area contributed by atoms with Gasteiger partial charge in [0.1, 0.15) is 11.3 Å². The van der Waals surface area contributed by atoms with E-state index in [1.165, 1.54) is 18.2 Å². The minimum absolute atomic E-state index is 0.0897. The van der Waals surface area contributed by atoms with E-state index in [1.54, 1.807) is 6.07 Å². The lowest BCUT2D eigenvalue weighted by atomic mass is 10.2. The van der Waals surface area contributed by atoms with Crippen LogP contribution in [-0.4, -0.2) is 18.2 Å². The van der Waals surface area contributed by atoms with E-state index >= 15 is 0 Å². The molecule has 0 aliphatic carbocycles. The monoisotopic (exact) mass is 233 g/mol.